The van der Waals surface area contributed by atoms with Crippen LogP contribution in [0.1, 0.15) is 0 Å². The minimum absolute atomic E-state index is 0.0657. The van der Waals surface area contributed by atoms with Gasteiger partial charge in [0, 0.05) is 16.7 Å². The number of alkyl halides is 3. The summed E-state index contributed by atoms with van der Waals surface area (Å²) >= 11 is 0. The molecule has 1 heterocycles. The molecule has 0 atom stereocenters. The summed E-state index contributed by atoms with van der Waals surface area (Å²) in [5.74, 6) is -0.736. The smallest absolute Gasteiger partial charge is 0.403 e. The van der Waals surface area contributed by atoms with Gasteiger partial charge in [0.1, 0.15) is 5.52 Å². The van der Waals surface area contributed by atoms with Crippen LogP contribution in [0.15, 0.2) is 23.4 Å². The van der Waals surface area contributed by atoms with Crippen molar-refractivity contribution < 1.29 is 26.3 Å². The van der Waals surface area contributed by atoms with E-state index in [2.05, 4.69) is 14.7 Å². The van der Waals surface area contributed by atoms with Crippen molar-refractivity contribution in [3.05, 3.63) is 18.5 Å². The molecule has 18 heavy (non-hydrogen) atoms. The van der Waals surface area contributed by atoms with Crippen molar-refractivity contribution >= 4 is 30.8 Å². The van der Waals surface area contributed by atoms with Crippen molar-refractivity contribution in [3.63, 3.8) is 0 Å². The van der Waals surface area contributed by atoms with Crippen LogP contribution in [-0.2, 0) is 9.05 Å². The van der Waals surface area contributed by atoms with Crippen LogP contribution < -0.4 is 4.74 Å². The van der Waals surface area contributed by atoms with Crippen LogP contribution in [0.3, 0.4) is 0 Å². The van der Waals surface area contributed by atoms with E-state index in [1.807, 2.05) is 0 Å². The first kappa shape index (κ1) is 13.0. The van der Waals surface area contributed by atoms with Crippen LogP contribution in [-0.4, -0.2) is 24.7 Å². The van der Waals surface area contributed by atoms with Crippen LogP contribution in [0.2, 0.25) is 0 Å². The van der Waals surface area contributed by atoms with Crippen molar-refractivity contribution in [2.24, 2.45) is 0 Å². The van der Waals surface area contributed by atoms with Gasteiger partial charge in [-0.15, -0.1) is 13.2 Å². The molecular weight excluding hydrogens is 297 g/mol. The highest BCUT2D eigenvalue weighted by molar-refractivity contribution is 8.13. The molecule has 0 radical (unpaired) electrons. The van der Waals surface area contributed by atoms with Gasteiger partial charge in [-0.05, 0) is 6.07 Å². The van der Waals surface area contributed by atoms with E-state index in [4.69, 9.17) is 10.7 Å². The highest BCUT2D eigenvalue weighted by Crippen LogP contribution is 2.32. The SMILES string of the molecule is O=S(=O)(Cl)c1cc(OC(F)(F)F)c2nc[nH]c2c1. The second-order valence-electron chi connectivity index (χ2n) is 3.21. The number of hydrogen-bond donors (Lipinski definition) is 1. The third kappa shape index (κ3) is 2.67. The molecule has 0 aliphatic rings. The minimum Gasteiger partial charge on any atom is -0.403 e. The Bertz CT molecular complexity index is 695. The van der Waals surface area contributed by atoms with Gasteiger partial charge in [-0.1, -0.05) is 0 Å². The lowest BCUT2D eigenvalue weighted by atomic mass is 10.3. The number of ether oxygens (including phenoxy) is 1. The summed E-state index contributed by atoms with van der Waals surface area (Å²) in [5.41, 5.74) is -0.0765. The topological polar surface area (TPSA) is 72.1 Å². The Labute approximate surface area is 103 Å². The van der Waals surface area contributed by atoms with Gasteiger partial charge in [0.2, 0.25) is 0 Å². The molecule has 1 aromatic heterocycles. The summed E-state index contributed by atoms with van der Waals surface area (Å²) in [6.07, 6.45) is -3.85. The van der Waals surface area contributed by atoms with Gasteiger partial charge in [-0.2, -0.15) is 0 Å². The fourth-order valence-corrected chi connectivity index (χ4v) is 2.11. The van der Waals surface area contributed by atoms with E-state index in [-0.39, 0.29) is 11.0 Å². The number of H-pyrrole nitrogens is 1. The Kier molecular flexibility index (Phi) is 2.90. The Morgan fingerprint density at radius 2 is 2.00 bits per heavy atom. The van der Waals surface area contributed by atoms with Crippen molar-refractivity contribution in [1.82, 2.24) is 9.97 Å². The Morgan fingerprint density at radius 3 is 2.56 bits per heavy atom. The highest BCUT2D eigenvalue weighted by atomic mass is 35.7. The molecule has 0 fully saturated rings. The number of aromatic amines is 1. The number of nitrogens with one attached hydrogen (secondary N) is 1. The van der Waals surface area contributed by atoms with Gasteiger partial charge in [-0.25, -0.2) is 13.4 Å². The average Bonchev–Trinajstić information content (AvgIpc) is 2.61. The fraction of sp³-hybridized carbons (Fsp3) is 0.125. The molecule has 1 N–H and O–H groups in total. The molecule has 2 aromatic rings. The van der Waals surface area contributed by atoms with E-state index < -0.39 is 26.1 Å². The molecule has 2 rings (SSSR count). The summed E-state index contributed by atoms with van der Waals surface area (Å²) in [7, 11) is 0.897. The molecule has 0 saturated heterocycles. The summed E-state index contributed by atoms with van der Waals surface area (Å²) < 4.78 is 62.4. The molecule has 0 amide bonds. The molecule has 5 nitrogen and oxygen atoms in total. The molecule has 1 aromatic carbocycles. The number of imidazole rings is 1. The van der Waals surface area contributed by atoms with E-state index in [9.17, 15) is 21.6 Å². The number of benzene rings is 1. The maximum absolute atomic E-state index is 12.2. The van der Waals surface area contributed by atoms with E-state index in [0.717, 1.165) is 12.4 Å². The maximum Gasteiger partial charge on any atom is 0.573 e. The van der Waals surface area contributed by atoms with Crippen LogP contribution in [0, 0.1) is 0 Å². The van der Waals surface area contributed by atoms with Crippen molar-refractivity contribution in [3.8, 4) is 5.75 Å². The quantitative estimate of drug-likeness (QED) is 0.864. The van der Waals surface area contributed by atoms with Crippen molar-refractivity contribution in [1.29, 1.82) is 0 Å². The molecule has 98 valence electrons. The lowest BCUT2D eigenvalue weighted by molar-refractivity contribution is -0.274. The van der Waals surface area contributed by atoms with Crippen LogP contribution in [0.5, 0.6) is 5.75 Å². The number of halogens is 4. The lowest BCUT2D eigenvalue weighted by Crippen LogP contribution is -2.17. The largest absolute Gasteiger partial charge is 0.573 e. The first-order valence-corrected chi connectivity index (χ1v) is 6.65. The first-order valence-electron chi connectivity index (χ1n) is 4.34. The van der Waals surface area contributed by atoms with Crippen molar-refractivity contribution in [2.75, 3.05) is 0 Å². The third-order valence-corrected chi connectivity index (χ3v) is 3.30. The van der Waals surface area contributed by atoms with E-state index in [1.54, 1.807) is 0 Å². The summed E-state index contributed by atoms with van der Waals surface area (Å²) in [6, 6.07) is 1.73. The molecule has 0 unspecified atom stereocenters. The number of nitrogens with zero attached hydrogens (tertiary/aromatic N) is 1. The van der Waals surface area contributed by atoms with Gasteiger partial charge >= 0.3 is 6.36 Å². The van der Waals surface area contributed by atoms with Crippen LogP contribution in [0.4, 0.5) is 13.2 Å². The fourth-order valence-electron chi connectivity index (χ4n) is 1.34. The van der Waals surface area contributed by atoms with Gasteiger partial charge in [-0.3, -0.25) is 0 Å². The number of rotatable bonds is 2. The van der Waals surface area contributed by atoms with Gasteiger partial charge in [0.05, 0.1) is 16.7 Å². The number of fused-ring (bicyclic) bond motifs is 1. The maximum atomic E-state index is 12.2. The van der Waals surface area contributed by atoms with E-state index in [1.165, 1.54) is 0 Å². The molecule has 0 aliphatic carbocycles. The second-order valence-corrected chi connectivity index (χ2v) is 5.77. The number of aromatic nitrogens is 2. The standard InChI is InChI=1S/C8H4ClF3N2O3S/c9-18(15,16)4-1-5-7(14-3-13-5)6(2-4)17-8(10,11)12/h1-3H,(H,13,14). The molecule has 0 spiro atoms. The Balaban J connectivity index is 2.66. The monoisotopic (exact) mass is 300 g/mol. The van der Waals surface area contributed by atoms with E-state index >= 15 is 0 Å². The van der Waals surface area contributed by atoms with E-state index in [0.29, 0.717) is 6.07 Å². The summed E-state index contributed by atoms with van der Waals surface area (Å²) in [6.45, 7) is 0. The number of hydrogen-bond acceptors (Lipinski definition) is 4. The summed E-state index contributed by atoms with van der Waals surface area (Å²) in [4.78, 5) is 5.57. The molecule has 10 heteroatoms. The molecule has 0 bridgehead atoms. The normalized spacial score (nSPS) is 12.9. The predicted molar refractivity (Wildman–Crippen MR) is 55.8 cm³/mol. The Morgan fingerprint density at radius 1 is 1.33 bits per heavy atom. The second kappa shape index (κ2) is 4.02. The third-order valence-electron chi connectivity index (χ3n) is 1.97. The van der Waals surface area contributed by atoms with Crippen LogP contribution >= 0.6 is 10.7 Å². The Hall–Kier alpha value is -1.48. The van der Waals surface area contributed by atoms with Crippen LogP contribution in [0.25, 0.3) is 11.0 Å². The lowest BCUT2D eigenvalue weighted by Gasteiger charge is -2.10. The average molecular weight is 301 g/mol. The highest BCUT2D eigenvalue weighted by Gasteiger charge is 2.33. The molecule has 0 aliphatic heterocycles. The predicted octanol–water partition coefficient (Wildman–Crippen LogP) is 2.39. The van der Waals surface area contributed by atoms with Gasteiger partial charge < -0.3 is 9.72 Å². The molecular formula is C8H4ClF3N2O3S. The summed E-state index contributed by atoms with van der Waals surface area (Å²) in [5, 5.41) is 0. The zero-order valence-corrected chi connectivity index (χ0v) is 9.90. The minimum atomic E-state index is -4.96. The zero-order valence-electron chi connectivity index (χ0n) is 8.32. The van der Waals surface area contributed by atoms with Crippen molar-refractivity contribution in [2.45, 2.75) is 11.3 Å². The zero-order chi connectivity index (χ0) is 13.6. The molecule has 0 saturated carbocycles. The van der Waals surface area contributed by atoms with Gasteiger partial charge in [0.25, 0.3) is 9.05 Å². The van der Waals surface area contributed by atoms with Gasteiger partial charge in [0.15, 0.2) is 5.75 Å². The first-order chi connectivity index (χ1) is 8.17.